The Labute approximate surface area is 177 Å². The first-order chi connectivity index (χ1) is 14.7. The molecule has 5 aliphatic rings. The average Bonchev–Trinajstić information content (AvgIpc) is 3.60. The first-order valence-electron chi connectivity index (χ1n) is 11.8. The maximum absolute atomic E-state index is 13.7. The minimum Gasteiger partial charge on any atom is -0.396 e. The molecular weight excluding hydrogens is 376 g/mol. The average molecular weight is 409 g/mol. The van der Waals surface area contributed by atoms with Crippen LogP contribution in [0.3, 0.4) is 0 Å². The van der Waals surface area contributed by atoms with Crippen molar-refractivity contribution in [2.45, 2.75) is 63.5 Å². The van der Waals surface area contributed by atoms with Gasteiger partial charge in [0.25, 0.3) is 5.56 Å². The molecule has 2 bridgehead atoms. The number of aliphatic hydroxyl groups is 1. The van der Waals surface area contributed by atoms with Crippen LogP contribution in [0.2, 0.25) is 0 Å². The number of benzene rings is 1. The lowest BCUT2D eigenvalue weighted by atomic mass is 9.69. The Hall–Kier alpha value is -1.92. The van der Waals surface area contributed by atoms with E-state index in [1.165, 1.54) is 31.6 Å². The Morgan fingerprint density at radius 1 is 1.07 bits per heavy atom. The Kier molecular flexibility index (Phi) is 4.43. The number of nitrogens with zero attached hydrogens (tertiary/aromatic N) is 4. The number of fused-ring (bicyclic) bond motifs is 5. The second kappa shape index (κ2) is 7.06. The molecule has 0 amide bonds. The number of aliphatic hydroxyl groups excluding tert-OH is 1. The monoisotopic (exact) mass is 408 g/mol. The predicted octanol–water partition coefficient (Wildman–Crippen LogP) is 2.72. The minimum atomic E-state index is -0.126. The molecule has 0 radical (unpaired) electrons. The molecule has 6 heteroatoms. The van der Waals surface area contributed by atoms with E-state index >= 15 is 0 Å². The molecular formula is C24H32N4O2. The van der Waals surface area contributed by atoms with Crippen LogP contribution >= 0.6 is 0 Å². The minimum absolute atomic E-state index is 0.0892. The van der Waals surface area contributed by atoms with Gasteiger partial charge in [-0.15, -0.1) is 0 Å². The van der Waals surface area contributed by atoms with Gasteiger partial charge in [0.2, 0.25) is 0 Å². The van der Waals surface area contributed by atoms with Crippen molar-refractivity contribution < 1.29 is 5.11 Å². The number of hydrogen-bond donors (Lipinski definition) is 1. The van der Waals surface area contributed by atoms with Crippen LogP contribution in [-0.4, -0.2) is 58.4 Å². The van der Waals surface area contributed by atoms with Crippen LogP contribution in [-0.2, 0) is 6.54 Å². The Morgan fingerprint density at radius 3 is 2.53 bits per heavy atom. The molecule has 2 saturated carbocycles. The van der Waals surface area contributed by atoms with Crippen molar-refractivity contribution in [2.75, 3.05) is 37.7 Å². The fourth-order valence-corrected chi connectivity index (χ4v) is 5.82. The molecule has 0 spiro atoms. The topological polar surface area (TPSA) is 61.6 Å². The van der Waals surface area contributed by atoms with E-state index in [0.29, 0.717) is 18.5 Å². The van der Waals surface area contributed by atoms with Gasteiger partial charge in [0, 0.05) is 55.8 Å². The highest BCUT2D eigenvalue weighted by Gasteiger charge is 2.39. The summed E-state index contributed by atoms with van der Waals surface area (Å²) in [5.74, 6) is 1.36. The first-order valence-corrected chi connectivity index (χ1v) is 11.8. The summed E-state index contributed by atoms with van der Waals surface area (Å²) in [6.07, 6.45) is 7.81. The number of aromatic nitrogens is 2. The third-order valence-corrected chi connectivity index (χ3v) is 8.14. The van der Waals surface area contributed by atoms with Gasteiger partial charge >= 0.3 is 0 Å². The number of hydrogen-bond acceptors (Lipinski definition) is 5. The fourth-order valence-electron chi connectivity index (χ4n) is 5.82. The van der Waals surface area contributed by atoms with Crippen LogP contribution in [0.1, 0.15) is 56.7 Å². The molecule has 0 atom stereocenters. The summed E-state index contributed by atoms with van der Waals surface area (Å²) < 4.78 is 1.93. The van der Waals surface area contributed by atoms with Crippen LogP contribution in [0.4, 0.5) is 5.69 Å². The Morgan fingerprint density at radius 2 is 1.87 bits per heavy atom. The van der Waals surface area contributed by atoms with Gasteiger partial charge in [-0.1, -0.05) is 6.42 Å². The maximum atomic E-state index is 13.7. The van der Waals surface area contributed by atoms with Gasteiger partial charge in [-0.05, 0) is 56.7 Å². The summed E-state index contributed by atoms with van der Waals surface area (Å²) in [4.78, 5) is 23.8. The van der Waals surface area contributed by atoms with Crippen molar-refractivity contribution >= 4 is 16.6 Å². The van der Waals surface area contributed by atoms with Crippen molar-refractivity contribution in [3.63, 3.8) is 0 Å². The zero-order valence-corrected chi connectivity index (χ0v) is 17.7. The van der Waals surface area contributed by atoms with Gasteiger partial charge in [0.15, 0.2) is 0 Å². The zero-order chi connectivity index (χ0) is 20.3. The highest BCUT2D eigenvalue weighted by molar-refractivity contribution is 5.82. The molecule has 1 N–H and O–H groups in total. The van der Waals surface area contributed by atoms with Gasteiger partial charge in [0.1, 0.15) is 5.82 Å². The Balaban J connectivity index is 1.43. The lowest BCUT2D eigenvalue weighted by Gasteiger charge is -2.41. The van der Waals surface area contributed by atoms with Gasteiger partial charge in [-0.2, -0.15) is 0 Å². The molecule has 160 valence electrons. The largest absolute Gasteiger partial charge is 0.396 e. The molecule has 6 nitrogen and oxygen atoms in total. The van der Waals surface area contributed by atoms with Crippen molar-refractivity contribution in [1.29, 1.82) is 0 Å². The van der Waals surface area contributed by atoms with E-state index in [-0.39, 0.29) is 17.6 Å². The summed E-state index contributed by atoms with van der Waals surface area (Å²) >= 11 is 0. The second-order valence-corrected chi connectivity index (χ2v) is 10.1. The summed E-state index contributed by atoms with van der Waals surface area (Å²) in [7, 11) is 0. The molecule has 2 aliphatic carbocycles. The number of rotatable bonds is 5. The highest BCUT2D eigenvalue weighted by Crippen LogP contribution is 2.44. The van der Waals surface area contributed by atoms with Crippen molar-refractivity contribution in [3.8, 4) is 0 Å². The predicted molar refractivity (Wildman–Crippen MR) is 118 cm³/mol. The lowest BCUT2D eigenvalue weighted by Crippen LogP contribution is -2.41. The smallest absolute Gasteiger partial charge is 0.261 e. The van der Waals surface area contributed by atoms with Crippen LogP contribution in [0, 0.1) is 5.41 Å². The van der Waals surface area contributed by atoms with Gasteiger partial charge in [-0.3, -0.25) is 9.36 Å². The molecule has 3 saturated heterocycles. The normalized spacial score (nSPS) is 27.8. The van der Waals surface area contributed by atoms with Gasteiger partial charge in [-0.25, -0.2) is 4.98 Å². The van der Waals surface area contributed by atoms with Crippen molar-refractivity contribution in [3.05, 3.63) is 34.4 Å². The fraction of sp³-hybridized carbons (Fsp3) is 0.667. The van der Waals surface area contributed by atoms with E-state index in [9.17, 15) is 9.90 Å². The van der Waals surface area contributed by atoms with Crippen molar-refractivity contribution in [1.82, 2.24) is 14.5 Å². The molecule has 7 rings (SSSR count). The third kappa shape index (κ3) is 3.07. The van der Waals surface area contributed by atoms with E-state index in [1.54, 1.807) is 0 Å². The standard InChI is InChI=1S/C24H32N4O2/c29-16-24(8-1-9-24)15-28-22(17-2-3-17)25-21-5-4-19(14-20(21)23(28)30)27-13-12-26-10-6-18(27)7-11-26/h4-5,14,17-18,29H,1-3,6-13,15-16H2. The number of anilines is 1. The van der Waals surface area contributed by atoms with Crippen LogP contribution < -0.4 is 10.5 Å². The molecule has 0 unspecified atom stereocenters. The number of piperidine rings is 1. The quantitative estimate of drug-likeness (QED) is 0.824. The van der Waals surface area contributed by atoms with E-state index in [2.05, 4.69) is 28.0 Å². The highest BCUT2D eigenvalue weighted by atomic mass is 16.3. The summed E-state index contributed by atoms with van der Waals surface area (Å²) in [6, 6.07) is 6.91. The summed E-state index contributed by atoms with van der Waals surface area (Å²) in [6.45, 7) is 5.30. The van der Waals surface area contributed by atoms with Crippen LogP contribution in [0.5, 0.6) is 0 Å². The zero-order valence-electron chi connectivity index (χ0n) is 17.7. The van der Waals surface area contributed by atoms with Gasteiger partial charge < -0.3 is 14.9 Å². The summed E-state index contributed by atoms with van der Waals surface area (Å²) in [5.41, 5.74) is 1.96. The molecule has 1 aromatic heterocycles. The van der Waals surface area contributed by atoms with E-state index in [4.69, 9.17) is 4.98 Å². The molecule has 30 heavy (non-hydrogen) atoms. The summed E-state index contributed by atoms with van der Waals surface area (Å²) in [5, 5.41) is 10.7. The molecule has 5 fully saturated rings. The van der Waals surface area contributed by atoms with E-state index < -0.39 is 0 Å². The molecule has 1 aromatic carbocycles. The first kappa shape index (κ1) is 18.8. The van der Waals surface area contributed by atoms with Crippen LogP contribution in [0.15, 0.2) is 23.0 Å². The third-order valence-electron chi connectivity index (χ3n) is 8.14. The van der Waals surface area contributed by atoms with E-state index in [1.807, 2.05) is 4.57 Å². The lowest BCUT2D eigenvalue weighted by molar-refractivity contribution is 0.0257. The molecule has 2 aromatic rings. The molecule has 3 aliphatic heterocycles. The van der Waals surface area contributed by atoms with Gasteiger partial charge in [0.05, 0.1) is 17.5 Å². The Bertz CT molecular complexity index is 1010. The van der Waals surface area contributed by atoms with Crippen LogP contribution in [0.25, 0.3) is 10.9 Å². The maximum Gasteiger partial charge on any atom is 0.261 e. The molecule has 4 heterocycles. The SMILES string of the molecule is O=c1c2cc(N3CCN4CCC3CC4)ccc2nc(C2CC2)n1CC1(CO)CCC1. The second-order valence-electron chi connectivity index (χ2n) is 10.1. The van der Waals surface area contributed by atoms with E-state index in [0.717, 1.165) is 61.9 Å². The van der Waals surface area contributed by atoms with Crippen molar-refractivity contribution in [2.24, 2.45) is 5.41 Å².